The number of carbonyl (C=O) groups excluding carboxylic acids is 3. The van der Waals surface area contributed by atoms with Crippen LogP contribution < -0.4 is 4.89 Å². The molecule has 0 saturated carbocycles. The number of hydrogen-bond acceptors (Lipinski definition) is 10. The van der Waals surface area contributed by atoms with E-state index in [-0.39, 0.29) is 13.2 Å². The van der Waals surface area contributed by atoms with E-state index >= 15 is 0 Å². The van der Waals surface area contributed by atoms with Gasteiger partial charge in [0.1, 0.15) is 6.10 Å². The van der Waals surface area contributed by atoms with Crippen LogP contribution in [0.2, 0.25) is 0 Å². The van der Waals surface area contributed by atoms with Crippen molar-refractivity contribution in [3.05, 3.63) is 0 Å². The van der Waals surface area contributed by atoms with E-state index in [1.807, 2.05) is 0 Å². The molecule has 0 unspecified atom stereocenters. The van der Waals surface area contributed by atoms with E-state index in [0.717, 1.165) is 13.8 Å². The number of esters is 3. The van der Waals surface area contributed by atoms with E-state index in [1.54, 1.807) is 6.92 Å². The van der Waals surface area contributed by atoms with Gasteiger partial charge in [-0.25, -0.2) is 9.05 Å². The Balaban J connectivity index is 2.39. The van der Waals surface area contributed by atoms with E-state index in [4.69, 9.17) is 28.0 Å². The maximum absolute atomic E-state index is 13.1. The smallest absolute Gasteiger partial charge is 0.303 e. The largest absolute Gasteiger partial charge is 0.629 e. The zero-order chi connectivity index (χ0) is 19.5. The lowest BCUT2D eigenvalue weighted by molar-refractivity contribution is -0.270. The van der Waals surface area contributed by atoms with Crippen molar-refractivity contribution in [3.8, 4) is 0 Å². The molecule has 2 heterocycles. The maximum atomic E-state index is 13.1. The fourth-order valence-corrected chi connectivity index (χ4v) is 4.94. The second-order valence-corrected chi connectivity index (χ2v) is 8.12. The molecule has 0 N–H and O–H groups in total. The van der Waals surface area contributed by atoms with Crippen molar-refractivity contribution in [3.63, 3.8) is 0 Å². The number of ether oxygens (including phenoxy) is 4. The summed E-state index contributed by atoms with van der Waals surface area (Å²) in [6.07, 6.45) is -3.89. The van der Waals surface area contributed by atoms with Gasteiger partial charge in [-0.1, -0.05) is 0 Å². The fraction of sp³-hybridized carbons (Fsp3) is 0.800. The Kier molecular flexibility index (Phi) is 6.92. The minimum atomic E-state index is -3.81. The van der Waals surface area contributed by atoms with E-state index in [9.17, 15) is 19.3 Å². The van der Waals surface area contributed by atoms with Crippen molar-refractivity contribution < 1.29 is 47.3 Å². The molecular formula is C15H23O10P. The van der Waals surface area contributed by atoms with Crippen LogP contribution in [-0.2, 0) is 42.4 Å². The van der Waals surface area contributed by atoms with E-state index in [0.29, 0.717) is 6.42 Å². The topological polar surface area (TPSA) is 130 Å². The van der Waals surface area contributed by atoms with Crippen LogP contribution in [0.3, 0.4) is 0 Å². The van der Waals surface area contributed by atoms with Gasteiger partial charge in [0.25, 0.3) is 13.8 Å². The molecule has 2 rings (SSSR count). The minimum absolute atomic E-state index is 0.184. The summed E-state index contributed by atoms with van der Waals surface area (Å²) in [5.41, 5.74) is 0. The second kappa shape index (κ2) is 8.58. The number of hydrogen-bond donors (Lipinski definition) is 0. The summed E-state index contributed by atoms with van der Waals surface area (Å²) in [5.74, 6) is -3.38. The van der Waals surface area contributed by atoms with Crippen molar-refractivity contribution in [2.45, 2.75) is 64.4 Å². The molecule has 2 saturated heterocycles. The molecule has 0 radical (unpaired) electrons. The van der Waals surface area contributed by atoms with E-state index in [2.05, 4.69) is 0 Å². The summed E-state index contributed by atoms with van der Waals surface area (Å²) in [6, 6.07) is 0. The Hall–Kier alpha value is -1.32. The number of rotatable bonds is 4. The van der Waals surface area contributed by atoms with Gasteiger partial charge in [-0.2, -0.15) is 0 Å². The van der Waals surface area contributed by atoms with Gasteiger partial charge in [0.2, 0.25) is 6.10 Å². The molecule has 0 aromatic heterocycles. The molecule has 0 aromatic rings. The average Bonchev–Trinajstić information content (AvgIpc) is 2.52. The predicted molar refractivity (Wildman–Crippen MR) is 84.4 cm³/mol. The van der Waals surface area contributed by atoms with Crippen LogP contribution in [0.4, 0.5) is 0 Å². The van der Waals surface area contributed by atoms with Gasteiger partial charge in [0.05, 0.1) is 13.2 Å². The third-order valence-corrected chi connectivity index (χ3v) is 5.92. The number of carbonyl (C=O) groups is 3. The van der Waals surface area contributed by atoms with Crippen molar-refractivity contribution >= 4 is 25.9 Å². The van der Waals surface area contributed by atoms with Gasteiger partial charge in [0, 0.05) is 27.2 Å². The molecule has 0 bridgehead atoms. The summed E-state index contributed by atoms with van der Waals surface area (Å²) in [6.45, 7) is 5.39. The highest BCUT2D eigenvalue weighted by molar-refractivity contribution is 7.59. The Labute approximate surface area is 151 Å². The summed E-state index contributed by atoms with van der Waals surface area (Å²) >= 11 is 0. The van der Waals surface area contributed by atoms with Crippen LogP contribution in [0.1, 0.15) is 34.1 Å². The van der Waals surface area contributed by atoms with Crippen LogP contribution in [0.25, 0.3) is 0 Å². The molecule has 2 fully saturated rings. The molecule has 0 aromatic carbocycles. The average molecular weight is 394 g/mol. The summed E-state index contributed by atoms with van der Waals surface area (Å²) < 4.78 is 32.0. The van der Waals surface area contributed by atoms with Gasteiger partial charge in [-0.15, -0.1) is 0 Å². The van der Waals surface area contributed by atoms with Gasteiger partial charge >= 0.3 is 17.9 Å². The minimum Gasteiger partial charge on any atom is -0.629 e. The van der Waals surface area contributed by atoms with Gasteiger partial charge in [-0.3, -0.25) is 14.4 Å². The van der Waals surface area contributed by atoms with E-state index < -0.39 is 56.1 Å². The highest BCUT2D eigenvalue weighted by atomic mass is 31.2. The third-order valence-electron chi connectivity index (χ3n) is 3.79. The molecule has 0 spiro atoms. The highest BCUT2D eigenvalue weighted by Gasteiger charge is 2.61. The SMILES string of the molecule is CC(=O)O[C@@H]1[C@H](OC(C)=O)[C@H](C)O[C@H]([P+]2([O-])OCCCO2)[C@H]1OC(C)=O. The lowest BCUT2D eigenvalue weighted by Crippen LogP contribution is -2.62. The molecule has 26 heavy (non-hydrogen) atoms. The predicted octanol–water partition coefficient (Wildman–Crippen LogP) is 0.0861. The molecular weight excluding hydrogens is 371 g/mol. The third kappa shape index (κ3) is 4.89. The standard InChI is InChI=1S/C15H23O10P/c1-8-12(23-9(2)16)13(24-10(3)17)14(25-11(4)18)15(22-8)26(19)20-6-5-7-21-26/h8,12-15H,5-7H2,1-4H3/t8-,12+,13+,14-,15+/m0/s1. The van der Waals surface area contributed by atoms with Crippen LogP contribution in [0.15, 0.2) is 0 Å². The van der Waals surface area contributed by atoms with Crippen molar-refractivity contribution in [2.24, 2.45) is 0 Å². The zero-order valence-electron chi connectivity index (χ0n) is 15.0. The van der Waals surface area contributed by atoms with Crippen molar-refractivity contribution in [1.82, 2.24) is 0 Å². The summed E-state index contributed by atoms with van der Waals surface area (Å²) in [5, 5.41) is 0. The van der Waals surface area contributed by atoms with Crippen LogP contribution in [0.5, 0.6) is 0 Å². The first-order valence-corrected chi connectivity index (χ1v) is 9.81. The first kappa shape index (κ1) is 21.0. The Morgan fingerprint density at radius 1 is 0.885 bits per heavy atom. The summed E-state index contributed by atoms with van der Waals surface area (Å²) in [7, 11) is -3.81. The molecule has 11 heteroatoms. The lowest BCUT2D eigenvalue weighted by atomic mass is 10.00. The molecule has 5 atom stereocenters. The van der Waals surface area contributed by atoms with Crippen LogP contribution >= 0.6 is 7.94 Å². The maximum Gasteiger partial charge on any atom is 0.303 e. The first-order valence-electron chi connectivity index (χ1n) is 8.20. The van der Waals surface area contributed by atoms with Crippen molar-refractivity contribution in [2.75, 3.05) is 13.2 Å². The van der Waals surface area contributed by atoms with Gasteiger partial charge in [-0.05, 0) is 6.92 Å². The second-order valence-electron chi connectivity index (χ2n) is 6.01. The van der Waals surface area contributed by atoms with Gasteiger partial charge < -0.3 is 23.8 Å². The fourth-order valence-electron chi connectivity index (χ4n) is 2.87. The molecule has 2 aliphatic rings. The first-order chi connectivity index (χ1) is 12.1. The normalized spacial score (nSPS) is 33.8. The molecule has 0 amide bonds. The van der Waals surface area contributed by atoms with Crippen LogP contribution in [-0.4, -0.2) is 61.4 Å². The summed E-state index contributed by atoms with van der Waals surface area (Å²) in [4.78, 5) is 47.7. The Morgan fingerprint density at radius 2 is 1.35 bits per heavy atom. The lowest BCUT2D eigenvalue weighted by Gasteiger charge is -2.47. The Morgan fingerprint density at radius 3 is 1.85 bits per heavy atom. The Bertz CT molecular complexity index is 547. The molecule has 10 nitrogen and oxygen atoms in total. The zero-order valence-corrected chi connectivity index (χ0v) is 15.9. The van der Waals surface area contributed by atoms with Gasteiger partial charge in [0.15, 0.2) is 12.2 Å². The molecule has 0 aliphatic carbocycles. The van der Waals surface area contributed by atoms with Crippen LogP contribution in [0, 0.1) is 0 Å². The molecule has 2 aliphatic heterocycles. The molecule has 148 valence electrons. The highest BCUT2D eigenvalue weighted by Crippen LogP contribution is 2.62. The van der Waals surface area contributed by atoms with E-state index in [1.165, 1.54) is 6.92 Å². The quantitative estimate of drug-likeness (QED) is 0.367. The monoisotopic (exact) mass is 394 g/mol. The van der Waals surface area contributed by atoms with Crippen molar-refractivity contribution in [1.29, 1.82) is 0 Å².